The number of β-amino-alcohol motifs (C(OH)–C–C–N with tert-alkyl or cyclic N) is 1. The molecular formula is C10H11ClFNO3S. The summed E-state index contributed by atoms with van der Waals surface area (Å²) in [6, 6.07) is 3.14. The zero-order chi connectivity index (χ0) is 12.6. The molecule has 1 heterocycles. The Morgan fingerprint density at radius 3 is 2.71 bits per heavy atom. The van der Waals surface area contributed by atoms with Crippen LogP contribution in [0.3, 0.4) is 0 Å². The van der Waals surface area contributed by atoms with E-state index in [0.29, 0.717) is 6.42 Å². The molecule has 1 aromatic carbocycles. The second kappa shape index (κ2) is 4.53. The van der Waals surface area contributed by atoms with Crippen molar-refractivity contribution in [3.63, 3.8) is 0 Å². The van der Waals surface area contributed by atoms with Crippen LogP contribution in [0, 0.1) is 5.82 Å². The molecular weight excluding hydrogens is 269 g/mol. The third-order valence-corrected chi connectivity index (χ3v) is 4.99. The Morgan fingerprint density at radius 1 is 1.47 bits per heavy atom. The first kappa shape index (κ1) is 12.8. The molecule has 0 aliphatic carbocycles. The molecule has 0 bridgehead atoms. The molecule has 4 nitrogen and oxygen atoms in total. The first-order valence-electron chi connectivity index (χ1n) is 5.04. The third kappa shape index (κ3) is 2.44. The maximum absolute atomic E-state index is 12.8. The summed E-state index contributed by atoms with van der Waals surface area (Å²) in [6.45, 7) is 0.299. The molecule has 1 fully saturated rings. The molecule has 7 heteroatoms. The average molecular weight is 280 g/mol. The summed E-state index contributed by atoms with van der Waals surface area (Å²) in [5.74, 6) is -0.588. The van der Waals surface area contributed by atoms with Gasteiger partial charge in [-0.3, -0.25) is 0 Å². The van der Waals surface area contributed by atoms with E-state index in [9.17, 15) is 17.9 Å². The van der Waals surface area contributed by atoms with Crippen LogP contribution in [0.4, 0.5) is 4.39 Å². The summed E-state index contributed by atoms with van der Waals surface area (Å²) in [5, 5.41) is 9.18. The molecule has 0 spiro atoms. The number of sulfonamides is 1. The van der Waals surface area contributed by atoms with Gasteiger partial charge in [-0.05, 0) is 24.6 Å². The number of rotatable bonds is 2. The van der Waals surface area contributed by atoms with E-state index in [2.05, 4.69) is 0 Å². The van der Waals surface area contributed by atoms with Crippen LogP contribution in [0.5, 0.6) is 0 Å². The fraction of sp³-hybridized carbons (Fsp3) is 0.400. The van der Waals surface area contributed by atoms with Crippen LogP contribution >= 0.6 is 11.6 Å². The Balaban J connectivity index is 2.38. The van der Waals surface area contributed by atoms with E-state index in [1.54, 1.807) is 0 Å². The number of benzene rings is 1. The van der Waals surface area contributed by atoms with Gasteiger partial charge in [0, 0.05) is 13.1 Å². The first-order chi connectivity index (χ1) is 7.91. The van der Waals surface area contributed by atoms with Gasteiger partial charge in [-0.2, -0.15) is 4.31 Å². The van der Waals surface area contributed by atoms with Gasteiger partial charge in [0.15, 0.2) is 0 Å². The van der Waals surface area contributed by atoms with Crippen LogP contribution in [-0.4, -0.2) is 37.0 Å². The standard InChI is InChI=1S/C10H11ClFNO3S/c11-9-5-7(12)1-2-10(9)17(15,16)13-4-3-8(14)6-13/h1-2,5,8,14H,3-4,6H2/t8-/m1/s1. The zero-order valence-electron chi connectivity index (χ0n) is 8.81. The molecule has 1 atom stereocenters. The van der Waals surface area contributed by atoms with Crippen molar-refractivity contribution in [1.29, 1.82) is 0 Å². The van der Waals surface area contributed by atoms with E-state index >= 15 is 0 Å². The van der Waals surface area contributed by atoms with Crippen LogP contribution in [0.2, 0.25) is 5.02 Å². The molecule has 0 aromatic heterocycles. The van der Waals surface area contributed by atoms with Crippen molar-refractivity contribution in [2.75, 3.05) is 13.1 Å². The summed E-state index contributed by atoms with van der Waals surface area (Å²) in [4.78, 5) is -0.130. The highest BCUT2D eigenvalue weighted by Gasteiger charge is 2.32. The summed E-state index contributed by atoms with van der Waals surface area (Å²) in [6.07, 6.45) is -0.248. The van der Waals surface area contributed by atoms with Gasteiger partial charge >= 0.3 is 0 Å². The van der Waals surface area contributed by atoms with Crippen LogP contribution < -0.4 is 0 Å². The Kier molecular flexibility index (Phi) is 3.40. The second-order valence-electron chi connectivity index (χ2n) is 3.88. The zero-order valence-corrected chi connectivity index (χ0v) is 10.4. The smallest absolute Gasteiger partial charge is 0.244 e. The molecule has 1 N–H and O–H groups in total. The van der Waals surface area contributed by atoms with E-state index in [0.717, 1.165) is 22.5 Å². The number of hydrogen-bond acceptors (Lipinski definition) is 3. The normalized spacial score (nSPS) is 21.9. The van der Waals surface area contributed by atoms with Gasteiger partial charge in [-0.25, -0.2) is 12.8 Å². The van der Waals surface area contributed by atoms with Crippen molar-refractivity contribution >= 4 is 21.6 Å². The molecule has 94 valence electrons. The molecule has 0 amide bonds. The Hall–Kier alpha value is -0.690. The number of aliphatic hydroxyl groups is 1. The van der Waals surface area contributed by atoms with Crippen LogP contribution in [0.25, 0.3) is 0 Å². The second-order valence-corrected chi connectivity index (χ2v) is 6.19. The van der Waals surface area contributed by atoms with Crippen molar-refractivity contribution in [3.8, 4) is 0 Å². The SMILES string of the molecule is O=S(=O)(c1ccc(F)cc1Cl)N1CC[C@@H](O)C1. The average Bonchev–Trinajstić information content (AvgIpc) is 2.64. The van der Waals surface area contributed by atoms with Crippen molar-refractivity contribution in [1.82, 2.24) is 4.31 Å². The molecule has 0 saturated carbocycles. The lowest BCUT2D eigenvalue weighted by Crippen LogP contribution is -2.29. The lowest BCUT2D eigenvalue weighted by molar-refractivity contribution is 0.189. The number of halogens is 2. The number of hydrogen-bond donors (Lipinski definition) is 1. The Morgan fingerprint density at radius 2 is 2.18 bits per heavy atom. The van der Waals surface area contributed by atoms with Gasteiger partial charge in [-0.1, -0.05) is 11.6 Å². The van der Waals surface area contributed by atoms with Gasteiger partial charge in [0.1, 0.15) is 10.7 Å². The van der Waals surface area contributed by atoms with Gasteiger partial charge in [0.05, 0.1) is 11.1 Å². The summed E-state index contributed by atoms with van der Waals surface area (Å²) < 4.78 is 38.2. The lowest BCUT2D eigenvalue weighted by atomic mass is 10.3. The maximum atomic E-state index is 12.8. The molecule has 1 aromatic rings. The van der Waals surface area contributed by atoms with E-state index in [-0.39, 0.29) is 23.0 Å². The van der Waals surface area contributed by atoms with Crippen molar-refractivity contribution < 1.29 is 17.9 Å². The molecule has 0 unspecified atom stereocenters. The summed E-state index contributed by atoms with van der Waals surface area (Å²) in [5.41, 5.74) is 0. The fourth-order valence-corrected chi connectivity index (χ4v) is 3.75. The highest BCUT2D eigenvalue weighted by molar-refractivity contribution is 7.89. The molecule has 1 aliphatic heterocycles. The minimum absolute atomic E-state index is 0.0516. The van der Waals surface area contributed by atoms with Gasteiger partial charge in [-0.15, -0.1) is 0 Å². The van der Waals surface area contributed by atoms with E-state index in [1.807, 2.05) is 0 Å². The van der Waals surface area contributed by atoms with Gasteiger partial charge in [0.25, 0.3) is 0 Å². The highest BCUT2D eigenvalue weighted by Crippen LogP contribution is 2.27. The quantitative estimate of drug-likeness (QED) is 0.886. The first-order valence-corrected chi connectivity index (χ1v) is 6.86. The Bertz CT molecular complexity index is 534. The van der Waals surface area contributed by atoms with Gasteiger partial charge < -0.3 is 5.11 Å². The molecule has 0 radical (unpaired) electrons. The largest absolute Gasteiger partial charge is 0.392 e. The van der Waals surface area contributed by atoms with Crippen molar-refractivity contribution in [2.24, 2.45) is 0 Å². The van der Waals surface area contributed by atoms with Crippen LogP contribution in [-0.2, 0) is 10.0 Å². The predicted molar refractivity (Wildman–Crippen MR) is 60.8 cm³/mol. The summed E-state index contributed by atoms with van der Waals surface area (Å²) >= 11 is 5.72. The van der Waals surface area contributed by atoms with Gasteiger partial charge in [0.2, 0.25) is 10.0 Å². The molecule has 2 rings (SSSR count). The molecule has 17 heavy (non-hydrogen) atoms. The monoisotopic (exact) mass is 279 g/mol. The minimum Gasteiger partial charge on any atom is -0.392 e. The highest BCUT2D eigenvalue weighted by atomic mass is 35.5. The maximum Gasteiger partial charge on any atom is 0.244 e. The van der Waals surface area contributed by atoms with Crippen molar-refractivity contribution in [2.45, 2.75) is 17.4 Å². The van der Waals surface area contributed by atoms with E-state index < -0.39 is 21.9 Å². The Labute approximate surface area is 104 Å². The van der Waals surface area contributed by atoms with Crippen molar-refractivity contribution in [3.05, 3.63) is 29.0 Å². The predicted octanol–water partition coefficient (Wildman–Crippen LogP) is 1.23. The van der Waals surface area contributed by atoms with Crippen LogP contribution in [0.15, 0.2) is 23.1 Å². The summed E-state index contributed by atoms with van der Waals surface area (Å²) in [7, 11) is -3.74. The van der Waals surface area contributed by atoms with Crippen LogP contribution in [0.1, 0.15) is 6.42 Å². The topological polar surface area (TPSA) is 57.6 Å². The lowest BCUT2D eigenvalue weighted by Gasteiger charge is -2.16. The third-order valence-electron chi connectivity index (χ3n) is 2.64. The molecule has 1 aliphatic rings. The number of nitrogens with zero attached hydrogens (tertiary/aromatic N) is 1. The minimum atomic E-state index is -3.74. The van der Waals surface area contributed by atoms with E-state index in [1.165, 1.54) is 0 Å². The molecule has 1 saturated heterocycles. The van der Waals surface area contributed by atoms with E-state index in [4.69, 9.17) is 11.6 Å². The fourth-order valence-electron chi connectivity index (χ4n) is 1.75. The number of aliphatic hydroxyl groups excluding tert-OH is 1.